The molecule has 0 radical (unpaired) electrons. The van der Waals surface area contributed by atoms with E-state index in [1.807, 2.05) is 39.8 Å². The van der Waals surface area contributed by atoms with Crippen LogP contribution >= 0.6 is 0 Å². The van der Waals surface area contributed by atoms with E-state index in [4.69, 9.17) is 9.47 Å². The predicted octanol–water partition coefficient (Wildman–Crippen LogP) is 3.62. The van der Waals surface area contributed by atoms with Crippen LogP contribution in [0.1, 0.15) is 33.3 Å². The zero-order valence-electron chi connectivity index (χ0n) is 12.5. The van der Waals surface area contributed by atoms with Crippen LogP contribution in [0.3, 0.4) is 0 Å². The van der Waals surface area contributed by atoms with E-state index in [2.05, 4.69) is 5.32 Å². The smallest absolute Gasteiger partial charge is 0.272 e. The van der Waals surface area contributed by atoms with E-state index in [0.29, 0.717) is 24.7 Å². The minimum absolute atomic E-state index is 0.0679. The van der Waals surface area contributed by atoms with Gasteiger partial charge in [-0.3, -0.25) is 0 Å². The summed E-state index contributed by atoms with van der Waals surface area (Å²) in [7, 11) is 0. The second-order valence-electron chi connectivity index (χ2n) is 5.48. The average Bonchev–Trinajstić information content (AvgIpc) is 2.34. The number of rotatable bonds is 7. The van der Waals surface area contributed by atoms with Crippen molar-refractivity contribution in [1.29, 1.82) is 0 Å². The van der Waals surface area contributed by atoms with Gasteiger partial charge in [-0.15, -0.1) is 0 Å². The summed E-state index contributed by atoms with van der Waals surface area (Å²) in [6.45, 7) is 8.32. The number of ether oxygens (including phenoxy) is 2. The van der Waals surface area contributed by atoms with Crippen LogP contribution in [0.15, 0.2) is 18.2 Å². The summed E-state index contributed by atoms with van der Waals surface area (Å²) in [5, 5.41) is 3.31. The number of hydrogen-bond acceptors (Lipinski definition) is 3. The Morgan fingerprint density at radius 3 is 2.45 bits per heavy atom. The van der Waals surface area contributed by atoms with E-state index in [0.717, 1.165) is 5.56 Å². The number of nitrogens with one attached hydrogen (secondary N) is 1. The van der Waals surface area contributed by atoms with Gasteiger partial charge in [-0.1, -0.05) is 12.1 Å². The predicted molar refractivity (Wildman–Crippen MR) is 75.7 cm³/mol. The number of benzene rings is 1. The van der Waals surface area contributed by atoms with Gasteiger partial charge in [-0.2, -0.15) is 0 Å². The van der Waals surface area contributed by atoms with Crippen LogP contribution < -0.4 is 14.8 Å². The van der Waals surface area contributed by atoms with Crippen LogP contribution in [0.5, 0.6) is 11.5 Å². The van der Waals surface area contributed by atoms with Gasteiger partial charge < -0.3 is 14.8 Å². The molecule has 5 heteroatoms. The Morgan fingerprint density at radius 2 is 1.90 bits per heavy atom. The Hall–Kier alpha value is -1.36. The molecule has 0 heterocycles. The molecule has 0 aliphatic heterocycles. The molecule has 1 N–H and O–H groups in total. The van der Waals surface area contributed by atoms with Crippen molar-refractivity contribution in [3.8, 4) is 11.5 Å². The van der Waals surface area contributed by atoms with Gasteiger partial charge in [0.25, 0.3) is 6.43 Å². The van der Waals surface area contributed by atoms with E-state index in [1.54, 1.807) is 6.07 Å². The summed E-state index contributed by atoms with van der Waals surface area (Å²) < 4.78 is 35.4. The molecule has 3 nitrogen and oxygen atoms in total. The van der Waals surface area contributed by atoms with Crippen LogP contribution in [-0.2, 0) is 6.54 Å². The number of halogens is 2. The Bertz CT molecular complexity index is 417. The largest absolute Gasteiger partial charge is 0.490 e. The maximum Gasteiger partial charge on any atom is 0.272 e. The minimum atomic E-state index is -2.51. The molecule has 0 aliphatic carbocycles. The Morgan fingerprint density at radius 1 is 1.20 bits per heavy atom. The molecule has 0 atom stereocenters. The highest BCUT2D eigenvalue weighted by atomic mass is 19.3. The highest BCUT2D eigenvalue weighted by molar-refractivity contribution is 5.46. The second-order valence-corrected chi connectivity index (χ2v) is 5.48. The SMILES string of the molecule is CCOc1cccc(CNC(C)(C)C)c1OCC(F)F. The molecule has 0 spiro atoms. The fourth-order valence-electron chi connectivity index (χ4n) is 1.64. The first-order valence-corrected chi connectivity index (χ1v) is 6.74. The molecule has 1 aromatic rings. The molecule has 1 aromatic carbocycles. The highest BCUT2D eigenvalue weighted by Crippen LogP contribution is 2.32. The normalized spacial score (nSPS) is 11.8. The van der Waals surface area contributed by atoms with Gasteiger partial charge >= 0.3 is 0 Å². The monoisotopic (exact) mass is 287 g/mol. The van der Waals surface area contributed by atoms with E-state index >= 15 is 0 Å². The lowest BCUT2D eigenvalue weighted by molar-refractivity contribution is 0.0794. The molecule has 0 fully saturated rings. The van der Waals surface area contributed by atoms with Crippen molar-refractivity contribution in [2.24, 2.45) is 0 Å². The van der Waals surface area contributed by atoms with Crippen molar-refractivity contribution in [2.75, 3.05) is 13.2 Å². The third-order valence-electron chi connectivity index (χ3n) is 2.52. The molecule has 0 saturated heterocycles. The summed E-state index contributed by atoms with van der Waals surface area (Å²) in [4.78, 5) is 0. The van der Waals surface area contributed by atoms with Gasteiger partial charge in [0, 0.05) is 17.6 Å². The molecular weight excluding hydrogens is 264 g/mol. The molecule has 0 amide bonds. The number of alkyl halides is 2. The summed E-state index contributed by atoms with van der Waals surface area (Å²) in [5.41, 5.74) is 0.744. The van der Waals surface area contributed by atoms with Crippen LogP contribution in [0, 0.1) is 0 Å². The number of hydrogen-bond donors (Lipinski definition) is 1. The summed E-state index contributed by atoms with van der Waals surface area (Å²) in [6, 6.07) is 5.41. The summed E-state index contributed by atoms with van der Waals surface area (Å²) in [5.74, 6) is 0.896. The van der Waals surface area contributed by atoms with Crippen molar-refractivity contribution in [3.63, 3.8) is 0 Å². The second kappa shape index (κ2) is 7.43. The molecule has 0 unspecified atom stereocenters. The first-order valence-electron chi connectivity index (χ1n) is 6.74. The molecule has 0 bridgehead atoms. The zero-order chi connectivity index (χ0) is 15.2. The van der Waals surface area contributed by atoms with E-state index in [-0.39, 0.29) is 5.54 Å². The van der Waals surface area contributed by atoms with E-state index < -0.39 is 13.0 Å². The summed E-state index contributed by atoms with van der Waals surface area (Å²) in [6.07, 6.45) is -2.51. The fourth-order valence-corrected chi connectivity index (χ4v) is 1.64. The lowest BCUT2D eigenvalue weighted by Crippen LogP contribution is -2.35. The lowest BCUT2D eigenvalue weighted by Gasteiger charge is -2.22. The fraction of sp³-hybridized carbons (Fsp3) is 0.600. The summed E-state index contributed by atoms with van der Waals surface area (Å²) >= 11 is 0. The van der Waals surface area contributed by atoms with E-state index in [1.165, 1.54) is 0 Å². The standard InChI is InChI=1S/C15H23F2NO2/c1-5-19-12-8-6-7-11(9-18-15(2,3)4)14(12)20-10-13(16)17/h6-8,13,18H,5,9-10H2,1-4H3. The van der Waals surface area contributed by atoms with Crippen LogP contribution in [-0.4, -0.2) is 25.2 Å². The lowest BCUT2D eigenvalue weighted by atomic mass is 10.1. The van der Waals surface area contributed by atoms with Crippen molar-refractivity contribution >= 4 is 0 Å². The molecule has 20 heavy (non-hydrogen) atoms. The van der Waals surface area contributed by atoms with Crippen LogP contribution in [0.25, 0.3) is 0 Å². The molecule has 1 rings (SSSR count). The van der Waals surface area contributed by atoms with Gasteiger partial charge in [-0.05, 0) is 33.8 Å². The average molecular weight is 287 g/mol. The Labute approximate surface area is 119 Å². The van der Waals surface area contributed by atoms with Crippen LogP contribution in [0.4, 0.5) is 8.78 Å². The first kappa shape index (κ1) is 16.7. The molecular formula is C15H23F2NO2. The third kappa shape index (κ3) is 5.74. The maximum atomic E-state index is 12.4. The molecule has 114 valence electrons. The van der Waals surface area contributed by atoms with Crippen LogP contribution in [0.2, 0.25) is 0 Å². The van der Waals surface area contributed by atoms with Gasteiger partial charge in [0.15, 0.2) is 11.5 Å². The Balaban J connectivity index is 2.92. The Kier molecular flexibility index (Phi) is 6.20. The zero-order valence-corrected chi connectivity index (χ0v) is 12.5. The van der Waals surface area contributed by atoms with Gasteiger partial charge in [0.1, 0.15) is 6.61 Å². The van der Waals surface area contributed by atoms with Crippen molar-refractivity contribution < 1.29 is 18.3 Å². The minimum Gasteiger partial charge on any atom is -0.490 e. The third-order valence-corrected chi connectivity index (χ3v) is 2.52. The molecule has 0 aliphatic rings. The maximum absolute atomic E-state index is 12.4. The van der Waals surface area contributed by atoms with Gasteiger partial charge in [0.2, 0.25) is 0 Å². The first-order chi connectivity index (χ1) is 9.33. The van der Waals surface area contributed by atoms with E-state index in [9.17, 15) is 8.78 Å². The van der Waals surface area contributed by atoms with Crippen molar-refractivity contribution in [3.05, 3.63) is 23.8 Å². The van der Waals surface area contributed by atoms with Crippen molar-refractivity contribution in [2.45, 2.75) is 46.2 Å². The topological polar surface area (TPSA) is 30.5 Å². The highest BCUT2D eigenvalue weighted by Gasteiger charge is 2.16. The molecule has 0 aromatic heterocycles. The van der Waals surface area contributed by atoms with Gasteiger partial charge in [-0.25, -0.2) is 8.78 Å². The quantitative estimate of drug-likeness (QED) is 0.831. The van der Waals surface area contributed by atoms with Crippen molar-refractivity contribution in [1.82, 2.24) is 5.32 Å². The number of para-hydroxylation sites is 1. The van der Waals surface area contributed by atoms with Gasteiger partial charge in [0.05, 0.1) is 6.61 Å². The molecule has 0 saturated carbocycles.